The summed E-state index contributed by atoms with van der Waals surface area (Å²) in [5.41, 5.74) is 0.924. The molecule has 1 unspecified atom stereocenters. The van der Waals surface area contributed by atoms with Crippen LogP contribution in [0.5, 0.6) is 5.75 Å². The van der Waals surface area contributed by atoms with Crippen LogP contribution in [-0.2, 0) is 14.8 Å². The van der Waals surface area contributed by atoms with Crippen molar-refractivity contribution in [2.45, 2.75) is 13.0 Å². The summed E-state index contributed by atoms with van der Waals surface area (Å²) in [6, 6.07) is 12.2. The van der Waals surface area contributed by atoms with Gasteiger partial charge in [0.05, 0.1) is 11.8 Å². The van der Waals surface area contributed by atoms with Gasteiger partial charge in [-0.15, -0.1) is 0 Å². The van der Waals surface area contributed by atoms with Gasteiger partial charge in [0.2, 0.25) is 15.8 Å². The van der Waals surface area contributed by atoms with Crippen LogP contribution in [0.2, 0.25) is 0 Å². The van der Waals surface area contributed by atoms with Crippen LogP contribution in [0, 0.1) is 0 Å². The highest BCUT2D eigenvalue weighted by molar-refractivity contribution is 7.92. The maximum atomic E-state index is 12.4. The standard InChI is InChI=1S/C20H21NO6S/c1-4-13-26-18-11-7-16(8-12-18)20(23)27-14(2)19(22)15-5-9-17(10-6-15)21-28(3,24)25/h4-12,14,21H,1,13H2,2-3H3. The Hall–Kier alpha value is -3.13. The smallest absolute Gasteiger partial charge is 0.338 e. The summed E-state index contributed by atoms with van der Waals surface area (Å²) in [6.07, 6.45) is 1.64. The molecule has 0 fully saturated rings. The Bertz CT molecular complexity index is 949. The molecule has 0 aliphatic carbocycles. The van der Waals surface area contributed by atoms with Gasteiger partial charge in [-0.2, -0.15) is 0 Å². The predicted molar refractivity (Wildman–Crippen MR) is 106 cm³/mol. The molecule has 0 aromatic heterocycles. The molecule has 148 valence electrons. The van der Waals surface area contributed by atoms with Gasteiger partial charge < -0.3 is 9.47 Å². The molecule has 0 saturated carbocycles. The number of sulfonamides is 1. The average Bonchev–Trinajstić information content (AvgIpc) is 2.65. The number of Topliss-reactive ketones (excluding diaryl/α,β-unsaturated/α-hetero) is 1. The third-order valence-corrected chi connectivity index (χ3v) is 4.19. The van der Waals surface area contributed by atoms with Gasteiger partial charge in [0.15, 0.2) is 6.10 Å². The molecule has 1 N–H and O–H groups in total. The first-order valence-electron chi connectivity index (χ1n) is 8.36. The number of esters is 1. The minimum atomic E-state index is -3.40. The van der Waals surface area contributed by atoms with E-state index < -0.39 is 27.9 Å². The maximum Gasteiger partial charge on any atom is 0.338 e. The molecular weight excluding hydrogens is 382 g/mol. The van der Waals surface area contributed by atoms with Gasteiger partial charge in [-0.25, -0.2) is 13.2 Å². The lowest BCUT2D eigenvalue weighted by molar-refractivity contribution is 0.0319. The molecule has 0 bridgehead atoms. The van der Waals surface area contributed by atoms with Crippen molar-refractivity contribution in [3.8, 4) is 5.75 Å². The molecule has 0 aliphatic heterocycles. The van der Waals surface area contributed by atoms with Crippen molar-refractivity contribution >= 4 is 27.5 Å². The van der Waals surface area contributed by atoms with E-state index in [0.29, 0.717) is 29.2 Å². The zero-order valence-electron chi connectivity index (χ0n) is 15.5. The van der Waals surface area contributed by atoms with E-state index in [1.165, 1.54) is 31.2 Å². The summed E-state index contributed by atoms with van der Waals surface area (Å²) in [5, 5.41) is 0. The Morgan fingerprint density at radius 2 is 1.64 bits per heavy atom. The van der Waals surface area contributed by atoms with E-state index in [4.69, 9.17) is 9.47 Å². The molecule has 0 saturated heterocycles. The lowest BCUT2D eigenvalue weighted by Crippen LogP contribution is -2.24. The first-order chi connectivity index (χ1) is 13.2. The SMILES string of the molecule is C=CCOc1ccc(C(=O)OC(C)C(=O)c2ccc(NS(C)(=O)=O)cc2)cc1. The van der Waals surface area contributed by atoms with E-state index in [2.05, 4.69) is 11.3 Å². The topological polar surface area (TPSA) is 98.8 Å². The predicted octanol–water partition coefficient (Wildman–Crippen LogP) is 3.05. The number of rotatable bonds is 9. The number of ketones is 1. The van der Waals surface area contributed by atoms with E-state index in [9.17, 15) is 18.0 Å². The van der Waals surface area contributed by atoms with Crippen LogP contribution >= 0.6 is 0 Å². The zero-order valence-corrected chi connectivity index (χ0v) is 16.4. The van der Waals surface area contributed by atoms with Crippen molar-refractivity contribution in [2.24, 2.45) is 0 Å². The molecule has 2 aromatic rings. The van der Waals surface area contributed by atoms with Crippen molar-refractivity contribution < 1.29 is 27.5 Å². The summed E-state index contributed by atoms with van der Waals surface area (Å²) in [4.78, 5) is 24.7. The summed E-state index contributed by atoms with van der Waals surface area (Å²) in [6.45, 7) is 5.39. The lowest BCUT2D eigenvalue weighted by atomic mass is 10.1. The Labute approximate surface area is 164 Å². The van der Waals surface area contributed by atoms with Gasteiger partial charge in [-0.3, -0.25) is 9.52 Å². The van der Waals surface area contributed by atoms with Crippen molar-refractivity contribution in [1.29, 1.82) is 0 Å². The molecule has 2 rings (SSSR count). The first kappa shape index (κ1) is 21.2. The Kier molecular flexibility index (Phi) is 6.94. The Morgan fingerprint density at radius 3 is 2.18 bits per heavy atom. The van der Waals surface area contributed by atoms with Gasteiger partial charge in [0, 0.05) is 11.3 Å². The number of ether oxygens (including phenoxy) is 2. The van der Waals surface area contributed by atoms with Crippen LogP contribution < -0.4 is 9.46 Å². The van der Waals surface area contributed by atoms with E-state index in [1.807, 2.05) is 0 Å². The molecule has 0 radical (unpaired) electrons. The molecule has 0 aliphatic rings. The monoisotopic (exact) mass is 403 g/mol. The number of anilines is 1. The normalized spacial score (nSPS) is 11.9. The fourth-order valence-electron chi connectivity index (χ4n) is 2.28. The molecular formula is C20H21NO6S. The zero-order chi connectivity index (χ0) is 20.7. The molecule has 2 aromatic carbocycles. The van der Waals surface area contributed by atoms with Gasteiger partial charge in [-0.1, -0.05) is 12.7 Å². The third kappa shape index (κ3) is 6.24. The van der Waals surface area contributed by atoms with E-state index in [1.54, 1.807) is 30.3 Å². The molecule has 8 heteroatoms. The van der Waals surface area contributed by atoms with E-state index in [0.717, 1.165) is 6.26 Å². The number of hydrogen-bond acceptors (Lipinski definition) is 6. The van der Waals surface area contributed by atoms with E-state index >= 15 is 0 Å². The maximum absolute atomic E-state index is 12.4. The number of carbonyl (C=O) groups is 2. The third-order valence-electron chi connectivity index (χ3n) is 3.58. The minimum absolute atomic E-state index is 0.290. The second kappa shape index (κ2) is 9.18. The van der Waals surface area contributed by atoms with Gasteiger partial charge >= 0.3 is 5.97 Å². The van der Waals surface area contributed by atoms with Gasteiger partial charge in [0.25, 0.3) is 0 Å². The highest BCUT2D eigenvalue weighted by Gasteiger charge is 2.20. The first-order valence-corrected chi connectivity index (χ1v) is 10.3. The summed E-state index contributed by atoms with van der Waals surface area (Å²) in [7, 11) is -3.40. The molecule has 0 spiro atoms. The van der Waals surface area contributed by atoms with Crippen molar-refractivity contribution in [1.82, 2.24) is 0 Å². The van der Waals surface area contributed by atoms with Crippen LogP contribution in [0.3, 0.4) is 0 Å². The number of hydrogen-bond donors (Lipinski definition) is 1. The lowest BCUT2D eigenvalue weighted by Gasteiger charge is -2.13. The fourth-order valence-corrected chi connectivity index (χ4v) is 2.84. The summed E-state index contributed by atoms with van der Waals surface area (Å²) >= 11 is 0. The quantitative estimate of drug-likeness (QED) is 0.393. The molecule has 1 atom stereocenters. The molecule has 0 amide bonds. The number of benzene rings is 2. The molecule has 28 heavy (non-hydrogen) atoms. The van der Waals surface area contributed by atoms with Crippen LogP contribution in [0.4, 0.5) is 5.69 Å². The van der Waals surface area contributed by atoms with Crippen molar-refractivity contribution in [3.63, 3.8) is 0 Å². The second-order valence-electron chi connectivity index (χ2n) is 5.99. The average molecular weight is 403 g/mol. The van der Waals surface area contributed by atoms with Crippen LogP contribution in [0.25, 0.3) is 0 Å². The summed E-state index contributed by atoms with van der Waals surface area (Å²) < 4.78 is 35.3. The fraction of sp³-hybridized carbons (Fsp3) is 0.200. The number of carbonyl (C=O) groups excluding carboxylic acids is 2. The molecule has 7 nitrogen and oxygen atoms in total. The van der Waals surface area contributed by atoms with Crippen LogP contribution in [0.1, 0.15) is 27.6 Å². The van der Waals surface area contributed by atoms with Gasteiger partial charge in [-0.05, 0) is 55.5 Å². The largest absolute Gasteiger partial charge is 0.490 e. The highest BCUT2D eigenvalue weighted by atomic mass is 32.2. The Balaban J connectivity index is 1.99. The van der Waals surface area contributed by atoms with Crippen molar-refractivity contribution in [3.05, 3.63) is 72.3 Å². The molecule has 0 heterocycles. The second-order valence-corrected chi connectivity index (χ2v) is 7.74. The highest BCUT2D eigenvalue weighted by Crippen LogP contribution is 2.16. The van der Waals surface area contributed by atoms with Crippen LogP contribution in [-0.4, -0.2) is 39.1 Å². The van der Waals surface area contributed by atoms with Crippen molar-refractivity contribution in [2.75, 3.05) is 17.6 Å². The Morgan fingerprint density at radius 1 is 1.07 bits per heavy atom. The summed E-state index contributed by atoms with van der Waals surface area (Å²) in [5.74, 6) is -0.444. The van der Waals surface area contributed by atoms with Crippen LogP contribution in [0.15, 0.2) is 61.2 Å². The minimum Gasteiger partial charge on any atom is -0.490 e. The van der Waals surface area contributed by atoms with Gasteiger partial charge in [0.1, 0.15) is 12.4 Å². The van der Waals surface area contributed by atoms with E-state index in [-0.39, 0.29) is 0 Å². The number of nitrogens with one attached hydrogen (secondary N) is 1.